The highest BCUT2D eigenvalue weighted by atomic mass is 15.0. The van der Waals surface area contributed by atoms with E-state index < -0.39 is 0 Å². The lowest BCUT2D eigenvalue weighted by Gasteiger charge is -2.23. The van der Waals surface area contributed by atoms with Gasteiger partial charge in [-0.05, 0) is 41.9 Å². The summed E-state index contributed by atoms with van der Waals surface area (Å²) in [5.41, 5.74) is 7.29. The van der Waals surface area contributed by atoms with Crippen LogP contribution in [-0.4, -0.2) is 4.57 Å². The molecule has 1 aliphatic rings. The van der Waals surface area contributed by atoms with E-state index in [2.05, 4.69) is 78.4 Å². The van der Waals surface area contributed by atoms with E-state index in [-0.39, 0.29) is 0 Å². The van der Waals surface area contributed by atoms with E-state index in [1.165, 1.54) is 36.0 Å². The van der Waals surface area contributed by atoms with Gasteiger partial charge in [-0.15, -0.1) is 0 Å². The van der Waals surface area contributed by atoms with E-state index in [1.807, 2.05) is 0 Å². The maximum atomic E-state index is 2.50. The van der Waals surface area contributed by atoms with Crippen molar-refractivity contribution < 1.29 is 0 Å². The van der Waals surface area contributed by atoms with Crippen molar-refractivity contribution in [1.29, 1.82) is 0 Å². The molecule has 0 bridgehead atoms. The molecule has 0 amide bonds. The van der Waals surface area contributed by atoms with Crippen molar-refractivity contribution in [2.24, 2.45) is 0 Å². The first-order valence-electron chi connectivity index (χ1n) is 8.64. The monoisotopic (exact) mass is 301 g/mol. The highest BCUT2D eigenvalue weighted by molar-refractivity contribution is 5.69. The molecule has 4 rings (SSSR count). The zero-order valence-corrected chi connectivity index (χ0v) is 13.7. The molecule has 0 saturated carbocycles. The molecule has 1 aromatic heterocycles. The highest BCUT2D eigenvalue weighted by Crippen LogP contribution is 2.39. The number of aromatic nitrogens is 1. The standard InChI is InChI=1S/C22H23N/c1-17-9-8-14-20-21(19-12-6-3-7-13-19)16-23(22(17)20)15-18-10-4-2-5-11-18/h2-7,10-13,16-17H,8-9,14-15H2,1H3. The number of benzene rings is 2. The Labute approximate surface area is 138 Å². The molecular weight excluding hydrogens is 278 g/mol. The van der Waals surface area contributed by atoms with Crippen LogP contribution in [-0.2, 0) is 13.0 Å². The van der Waals surface area contributed by atoms with Crippen LogP contribution in [0, 0.1) is 0 Å². The SMILES string of the molecule is CC1CCCc2c(-c3ccccc3)cn(Cc3ccccc3)c21. The first kappa shape index (κ1) is 14.3. The molecule has 0 fully saturated rings. The summed E-state index contributed by atoms with van der Waals surface area (Å²) in [6.07, 6.45) is 6.21. The zero-order valence-electron chi connectivity index (χ0n) is 13.7. The summed E-state index contributed by atoms with van der Waals surface area (Å²) in [6, 6.07) is 21.7. The first-order valence-corrected chi connectivity index (χ1v) is 8.64. The molecule has 1 unspecified atom stereocenters. The second-order valence-electron chi connectivity index (χ2n) is 6.68. The smallest absolute Gasteiger partial charge is 0.0473 e. The van der Waals surface area contributed by atoms with E-state index in [4.69, 9.17) is 0 Å². The van der Waals surface area contributed by atoms with Gasteiger partial charge in [-0.2, -0.15) is 0 Å². The third-order valence-corrected chi connectivity index (χ3v) is 5.04. The lowest BCUT2D eigenvalue weighted by molar-refractivity contribution is 0.548. The number of nitrogens with zero attached hydrogens (tertiary/aromatic N) is 1. The third-order valence-electron chi connectivity index (χ3n) is 5.04. The van der Waals surface area contributed by atoms with Crippen LogP contribution in [0.1, 0.15) is 42.5 Å². The first-order chi connectivity index (χ1) is 11.3. The molecular formula is C22H23N. The van der Waals surface area contributed by atoms with Crippen LogP contribution in [0.25, 0.3) is 11.1 Å². The Hall–Kier alpha value is -2.28. The van der Waals surface area contributed by atoms with Crippen LogP contribution < -0.4 is 0 Å². The maximum Gasteiger partial charge on any atom is 0.0473 e. The average molecular weight is 301 g/mol. The van der Waals surface area contributed by atoms with Gasteiger partial charge in [0.15, 0.2) is 0 Å². The van der Waals surface area contributed by atoms with Gasteiger partial charge in [0.25, 0.3) is 0 Å². The summed E-state index contributed by atoms with van der Waals surface area (Å²) >= 11 is 0. The van der Waals surface area contributed by atoms with Gasteiger partial charge in [-0.3, -0.25) is 0 Å². The van der Waals surface area contributed by atoms with Crippen LogP contribution in [0.4, 0.5) is 0 Å². The lowest BCUT2D eigenvalue weighted by atomic mass is 9.86. The summed E-state index contributed by atoms with van der Waals surface area (Å²) < 4.78 is 2.50. The molecule has 0 N–H and O–H groups in total. The minimum Gasteiger partial charge on any atom is -0.346 e. The minimum absolute atomic E-state index is 0.653. The van der Waals surface area contributed by atoms with Gasteiger partial charge in [0.1, 0.15) is 0 Å². The van der Waals surface area contributed by atoms with Gasteiger partial charge < -0.3 is 4.57 Å². The van der Waals surface area contributed by atoms with Crippen LogP contribution in [0.2, 0.25) is 0 Å². The van der Waals surface area contributed by atoms with E-state index in [0.717, 1.165) is 6.54 Å². The van der Waals surface area contributed by atoms with Gasteiger partial charge in [0.2, 0.25) is 0 Å². The van der Waals surface area contributed by atoms with Gasteiger partial charge in [0, 0.05) is 24.0 Å². The summed E-state index contributed by atoms with van der Waals surface area (Å²) in [6.45, 7) is 3.36. The minimum atomic E-state index is 0.653. The van der Waals surface area contributed by atoms with Crippen LogP contribution in [0.3, 0.4) is 0 Å². The third kappa shape index (κ3) is 2.72. The Bertz CT molecular complexity index is 784. The van der Waals surface area contributed by atoms with E-state index in [9.17, 15) is 0 Å². The molecule has 23 heavy (non-hydrogen) atoms. The number of fused-ring (bicyclic) bond motifs is 1. The van der Waals surface area contributed by atoms with Crippen molar-refractivity contribution >= 4 is 0 Å². The van der Waals surface area contributed by atoms with Gasteiger partial charge in [0.05, 0.1) is 0 Å². The van der Waals surface area contributed by atoms with Gasteiger partial charge in [-0.1, -0.05) is 67.6 Å². The molecule has 1 aliphatic carbocycles. The molecule has 1 heterocycles. The second-order valence-corrected chi connectivity index (χ2v) is 6.68. The summed E-state index contributed by atoms with van der Waals surface area (Å²) in [7, 11) is 0. The molecule has 0 spiro atoms. The van der Waals surface area contributed by atoms with Crippen LogP contribution in [0.5, 0.6) is 0 Å². The van der Waals surface area contributed by atoms with Crippen molar-refractivity contribution in [3.63, 3.8) is 0 Å². The van der Waals surface area contributed by atoms with Crippen LogP contribution >= 0.6 is 0 Å². The fourth-order valence-corrected chi connectivity index (χ4v) is 3.96. The van der Waals surface area contributed by atoms with Crippen molar-refractivity contribution in [1.82, 2.24) is 4.57 Å². The largest absolute Gasteiger partial charge is 0.346 e. The van der Waals surface area contributed by atoms with Crippen molar-refractivity contribution in [3.05, 3.63) is 83.7 Å². The van der Waals surface area contributed by atoms with E-state index in [0.29, 0.717) is 5.92 Å². The zero-order chi connectivity index (χ0) is 15.6. The van der Waals surface area contributed by atoms with Gasteiger partial charge in [-0.25, -0.2) is 0 Å². The Kier molecular flexibility index (Phi) is 3.78. The number of rotatable bonds is 3. The molecule has 1 atom stereocenters. The predicted molar refractivity (Wildman–Crippen MR) is 96.8 cm³/mol. The second kappa shape index (κ2) is 6.08. The van der Waals surface area contributed by atoms with Crippen molar-refractivity contribution in [2.75, 3.05) is 0 Å². The van der Waals surface area contributed by atoms with Crippen LogP contribution in [0.15, 0.2) is 66.9 Å². The Morgan fingerprint density at radius 2 is 1.65 bits per heavy atom. The Morgan fingerprint density at radius 1 is 0.957 bits per heavy atom. The number of hydrogen-bond donors (Lipinski definition) is 0. The Morgan fingerprint density at radius 3 is 2.39 bits per heavy atom. The molecule has 1 heteroatoms. The molecule has 1 nitrogen and oxygen atoms in total. The summed E-state index contributed by atoms with van der Waals surface area (Å²) in [4.78, 5) is 0. The topological polar surface area (TPSA) is 4.93 Å². The highest BCUT2D eigenvalue weighted by Gasteiger charge is 2.24. The average Bonchev–Trinajstić information content (AvgIpc) is 2.96. The van der Waals surface area contributed by atoms with E-state index >= 15 is 0 Å². The molecule has 3 aromatic rings. The van der Waals surface area contributed by atoms with E-state index in [1.54, 1.807) is 11.3 Å². The Balaban J connectivity index is 1.81. The molecule has 116 valence electrons. The predicted octanol–water partition coefficient (Wildman–Crippen LogP) is 5.64. The summed E-state index contributed by atoms with van der Waals surface area (Å²) in [5.74, 6) is 0.653. The maximum absolute atomic E-state index is 2.50. The normalized spacial score (nSPS) is 17.0. The van der Waals surface area contributed by atoms with Crippen molar-refractivity contribution in [3.8, 4) is 11.1 Å². The number of hydrogen-bond acceptors (Lipinski definition) is 0. The molecule has 0 radical (unpaired) electrons. The van der Waals surface area contributed by atoms with Gasteiger partial charge >= 0.3 is 0 Å². The molecule has 2 aromatic carbocycles. The fourth-order valence-electron chi connectivity index (χ4n) is 3.96. The summed E-state index contributed by atoms with van der Waals surface area (Å²) in [5, 5.41) is 0. The molecule has 0 saturated heterocycles. The molecule has 0 aliphatic heterocycles. The quantitative estimate of drug-likeness (QED) is 0.589. The van der Waals surface area contributed by atoms with Crippen molar-refractivity contribution in [2.45, 2.75) is 38.6 Å². The fraction of sp³-hybridized carbons (Fsp3) is 0.273. The lowest BCUT2D eigenvalue weighted by Crippen LogP contribution is -2.12.